The molecule has 0 radical (unpaired) electrons. The summed E-state index contributed by atoms with van der Waals surface area (Å²) in [5.41, 5.74) is 3.59. The van der Waals surface area contributed by atoms with Gasteiger partial charge in [-0.3, -0.25) is 9.89 Å². The third-order valence-electron chi connectivity index (χ3n) is 3.22. The molecule has 0 saturated carbocycles. The molecule has 0 aliphatic carbocycles. The molecule has 0 aliphatic rings. The van der Waals surface area contributed by atoms with Gasteiger partial charge in [-0.2, -0.15) is 5.10 Å². The van der Waals surface area contributed by atoms with Crippen molar-refractivity contribution in [1.29, 1.82) is 0 Å². The van der Waals surface area contributed by atoms with Crippen LogP contribution < -0.4 is 5.32 Å². The molecule has 5 heteroatoms. The molecular formula is C16H21N3OS. The Morgan fingerprint density at radius 3 is 2.86 bits per heavy atom. The number of hydrogen-bond donors (Lipinski definition) is 2. The molecule has 112 valence electrons. The molecule has 1 aromatic heterocycles. The molecule has 1 aromatic carbocycles. The highest BCUT2D eigenvalue weighted by atomic mass is 32.2. The van der Waals surface area contributed by atoms with Crippen LogP contribution in [-0.2, 0) is 17.0 Å². The van der Waals surface area contributed by atoms with Gasteiger partial charge in [0.1, 0.15) is 0 Å². The lowest BCUT2D eigenvalue weighted by Crippen LogP contribution is -2.26. The smallest absolute Gasteiger partial charge is 0.230 e. The first-order valence-electron chi connectivity index (χ1n) is 7.13. The summed E-state index contributed by atoms with van der Waals surface area (Å²) >= 11 is 1.65. The summed E-state index contributed by atoms with van der Waals surface area (Å²) in [6, 6.07) is 10.2. The fourth-order valence-electron chi connectivity index (χ4n) is 2.02. The Balaban J connectivity index is 1.55. The molecule has 2 rings (SSSR count). The number of amides is 1. The standard InChI is InChI=1S/C16H21N3OS/c1-13-15(10-18-19-13)8-5-9-17-16(20)12-21-11-14-6-3-2-4-7-14/h2-4,6-7,10H,5,8-9,11-12H2,1H3,(H,17,20)(H,18,19). The summed E-state index contributed by atoms with van der Waals surface area (Å²) in [5.74, 6) is 1.50. The van der Waals surface area contributed by atoms with Gasteiger partial charge in [-0.1, -0.05) is 30.3 Å². The van der Waals surface area contributed by atoms with Crippen molar-refractivity contribution in [1.82, 2.24) is 15.5 Å². The lowest BCUT2D eigenvalue weighted by molar-refractivity contribution is -0.118. The second-order valence-electron chi connectivity index (χ2n) is 4.95. The topological polar surface area (TPSA) is 57.8 Å². The largest absolute Gasteiger partial charge is 0.355 e. The van der Waals surface area contributed by atoms with E-state index in [1.807, 2.05) is 31.3 Å². The number of aromatic amines is 1. The Kier molecular flexibility index (Phi) is 6.34. The Morgan fingerprint density at radius 1 is 1.33 bits per heavy atom. The van der Waals surface area contributed by atoms with Crippen molar-refractivity contribution < 1.29 is 4.79 Å². The average Bonchev–Trinajstić information content (AvgIpc) is 2.90. The zero-order valence-corrected chi connectivity index (χ0v) is 13.1. The van der Waals surface area contributed by atoms with Crippen molar-refractivity contribution in [2.24, 2.45) is 0 Å². The second-order valence-corrected chi connectivity index (χ2v) is 5.94. The summed E-state index contributed by atoms with van der Waals surface area (Å²) < 4.78 is 0. The fraction of sp³-hybridized carbons (Fsp3) is 0.375. The molecule has 0 aliphatic heterocycles. The zero-order chi connectivity index (χ0) is 14.9. The van der Waals surface area contributed by atoms with E-state index in [2.05, 4.69) is 27.6 Å². The van der Waals surface area contributed by atoms with E-state index in [0.29, 0.717) is 5.75 Å². The van der Waals surface area contributed by atoms with Crippen molar-refractivity contribution in [3.05, 3.63) is 53.3 Å². The number of carbonyl (C=O) groups excluding carboxylic acids is 1. The Hall–Kier alpha value is -1.75. The van der Waals surface area contributed by atoms with E-state index >= 15 is 0 Å². The zero-order valence-electron chi connectivity index (χ0n) is 12.3. The summed E-state index contributed by atoms with van der Waals surface area (Å²) in [6.45, 7) is 2.73. The maximum Gasteiger partial charge on any atom is 0.230 e. The molecule has 1 heterocycles. The van der Waals surface area contributed by atoms with E-state index in [4.69, 9.17) is 0 Å². The highest BCUT2D eigenvalue weighted by molar-refractivity contribution is 7.99. The Labute approximate surface area is 129 Å². The number of thioether (sulfide) groups is 1. The number of hydrogen-bond acceptors (Lipinski definition) is 3. The predicted octanol–water partition coefficient (Wildman–Crippen LogP) is 2.70. The van der Waals surface area contributed by atoms with E-state index in [-0.39, 0.29) is 5.91 Å². The SMILES string of the molecule is Cc1[nH]ncc1CCCNC(=O)CSCc1ccccc1. The van der Waals surface area contributed by atoms with Crippen LogP contribution in [0.2, 0.25) is 0 Å². The minimum absolute atomic E-state index is 0.111. The first-order chi connectivity index (χ1) is 10.3. The predicted molar refractivity (Wildman–Crippen MR) is 87.3 cm³/mol. The number of H-pyrrole nitrogens is 1. The summed E-state index contributed by atoms with van der Waals surface area (Å²) in [4.78, 5) is 11.7. The molecule has 0 atom stereocenters. The van der Waals surface area contributed by atoms with Crippen LogP contribution in [0.3, 0.4) is 0 Å². The van der Waals surface area contributed by atoms with E-state index in [9.17, 15) is 4.79 Å². The number of benzene rings is 1. The van der Waals surface area contributed by atoms with Gasteiger partial charge in [0.15, 0.2) is 0 Å². The quantitative estimate of drug-likeness (QED) is 0.737. The van der Waals surface area contributed by atoms with Gasteiger partial charge in [0.2, 0.25) is 5.91 Å². The van der Waals surface area contributed by atoms with Gasteiger partial charge in [-0.25, -0.2) is 0 Å². The number of rotatable bonds is 8. The van der Waals surface area contributed by atoms with Gasteiger partial charge >= 0.3 is 0 Å². The lowest BCUT2D eigenvalue weighted by atomic mass is 10.1. The van der Waals surface area contributed by atoms with E-state index < -0.39 is 0 Å². The van der Waals surface area contributed by atoms with Gasteiger partial charge in [0, 0.05) is 18.0 Å². The Morgan fingerprint density at radius 2 is 2.14 bits per heavy atom. The molecule has 2 N–H and O–H groups in total. The van der Waals surface area contributed by atoms with Crippen molar-refractivity contribution in [2.75, 3.05) is 12.3 Å². The monoisotopic (exact) mass is 303 g/mol. The second kappa shape index (κ2) is 8.52. The van der Waals surface area contributed by atoms with Gasteiger partial charge < -0.3 is 5.32 Å². The van der Waals surface area contributed by atoms with E-state index in [1.54, 1.807) is 11.8 Å². The van der Waals surface area contributed by atoms with Crippen molar-refractivity contribution in [3.8, 4) is 0 Å². The summed E-state index contributed by atoms with van der Waals surface area (Å²) in [7, 11) is 0. The minimum Gasteiger partial charge on any atom is -0.355 e. The van der Waals surface area contributed by atoms with Gasteiger partial charge in [-0.15, -0.1) is 11.8 Å². The van der Waals surface area contributed by atoms with Crippen molar-refractivity contribution >= 4 is 17.7 Å². The van der Waals surface area contributed by atoms with Gasteiger partial charge in [0.05, 0.1) is 11.9 Å². The number of nitrogens with one attached hydrogen (secondary N) is 2. The molecule has 0 unspecified atom stereocenters. The molecule has 21 heavy (non-hydrogen) atoms. The number of carbonyl (C=O) groups is 1. The van der Waals surface area contributed by atoms with E-state index in [0.717, 1.165) is 30.8 Å². The molecule has 2 aromatic rings. The molecule has 0 fully saturated rings. The van der Waals surface area contributed by atoms with Crippen LogP contribution in [0.1, 0.15) is 23.2 Å². The Bertz CT molecular complexity index is 554. The fourth-order valence-corrected chi connectivity index (χ4v) is 2.84. The molecule has 0 saturated heterocycles. The highest BCUT2D eigenvalue weighted by Gasteiger charge is 2.03. The number of aromatic nitrogens is 2. The lowest BCUT2D eigenvalue weighted by Gasteiger charge is -2.05. The molecule has 1 amide bonds. The number of nitrogens with zero attached hydrogens (tertiary/aromatic N) is 1. The first-order valence-corrected chi connectivity index (χ1v) is 8.28. The van der Waals surface area contributed by atoms with E-state index in [1.165, 1.54) is 11.1 Å². The van der Waals surface area contributed by atoms with Crippen LogP contribution in [0.5, 0.6) is 0 Å². The minimum atomic E-state index is 0.111. The maximum absolute atomic E-state index is 11.7. The normalized spacial score (nSPS) is 10.5. The van der Waals surface area contributed by atoms with Crippen molar-refractivity contribution in [3.63, 3.8) is 0 Å². The van der Waals surface area contributed by atoms with Crippen LogP contribution in [0.4, 0.5) is 0 Å². The first kappa shape index (κ1) is 15.6. The number of aryl methyl sites for hydroxylation is 2. The summed E-state index contributed by atoms with van der Waals surface area (Å²) in [5, 5.41) is 9.87. The molecule has 4 nitrogen and oxygen atoms in total. The van der Waals surface area contributed by atoms with Gasteiger partial charge in [0.25, 0.3) is 0 Å². The van der Waals surface area contributed by atoms with Crippen molar-refractivity contribution in [2.45, 2.75) is 25.5 Å². The molecule has 0 spiro atoms. The van der Waals surface area contributed by atoms with Crippen LogP contribution in [-0.4, -0.2) is 28.4 Å². The maximum atomic E-state index is 11.7. The third kappa shape index (κ3) is 5.63. The van der Waals surface area contributed by atoms with Crippen LogP contribution in [0.25, 0.3) is 0 Å². The highest BCUT2D eigenvalue weighted by Crippen LogP contribution is 2.11. The van der Waals surface area contributed by atoms with Crippen LogP contribution >= 0.6 is 11.8 Å². The molecular weight excluding hydrogens is 282 g/mol. The van der Waals surface area contributed by atoms with Crippen LogP contribution in [0, 0.1) is 6.92 Å². The third-order valence-corrected chi connectivity index (χ3v) is 4.23. The van der Waals surface area contributed by atoms with Crippen LogP contribution in [0.15, 0.2) is 36.5 Å². The summed E-state index contributed by atoms with van der Waals surface area (Å²) in [6.07, 6.45) is 3.74. The van der Waals surface area contributed by atoms with Gasteiger partial charge in [-0.05, 0) is 30.9 Å². The average molecular weight is 303 g/mol. The molecule has 0 bridgehead atoms.